The predicted octanol–water partition coefficient (Wildman–Crippen LogP) is 4.02. The average Bonchev–Trinajstić information content (AvgIpc) is 2.36. The summed E-state index contributed by atoms with van der Waals surface area (Å²) in [5.41, 5.74) is 1.16. The van der Waals surface area contributed by atoms with Gasteiger partial charge in [0.05, 0.1) is 19.8 Å². The Morgan fingerprint density at radius 1 is 1.00 bits per heavy atom. The number of hydrogen-bond acceptors (Lipinski definition) is 3. The largest absolute Gasteiger partial charge is 0.332 e. The molecule has 0 amide bonds. The van der Waals surface area contributed by atoms with Gasteiger partial charge in [-0.3, -0.25) is 0 Å². The molecule has 0 heterocycles. The number of hydrogen-bond donors (Lipinski definition) is 0. The third-order valence-electron chi connectivity index (χ3n) is 1.86. The van der Waals surface area contributed by atoms with Crippen molar-refractivity contribution >= 4 is 14.7 Å². The van der Waals surface area contributed by atoms with Gasteiger partial charge in [0, 0.05) is 0 Å². The fourth-order valence-electron chi connectivity index (χ4n) is 1.17. The highest BCUT2D eigenvalue weighted by molar-refractivity contribution is 7.41. The molecular weight excluding hydrogens is 235 g/mol. The van der Waals surface area contributed by atoms with Gasteiger partial charge in [0.1, 0.15) is 0 Å². The van der Waals surface area contributed by atoms with E-state index in [2.05, 4.69) is 0 Å². The Balaban J connectivity index is 2.28. The maximum atomic E-state index is 5.48. The summed E-state index contributed by atoms with van der Waals surface area (Å²) in [6.07, 6.45) is 3.98. The highest BCUT2D eigenvalue weighted by Gasteiger charge is 2.08. The zero-order valence-corrected chi connectivity index (χ0v) is 11.2. The van der Waals surface area contributed by atoms with E-state index in [-0.39, 0.29) is 0 Å². The average molecular weight is 254 g/mol. The monoisotopic (exact) mass is 254 g/mol. The van der Waals surface area contributed by atoms with Crippen LogP contribution in [0, 0.1) is 0 Å². The van der Waals surface area contributed by atoms with Crippen LogP contribution < -0.4 is 0 Å². The topological polar surface area (TPSA) is 27.7 Å². The third kappa shape index (κ3) is 6.54. The zero-order valence-electron chi connectivity index (χ0n) is 10.3. The minimum absolute atomic E-state index is 0.501. The van der Waals surface area contributed by atoms with Gasteiger partial charge in [-0.2, -0.15) is 0 Å². The molecule has 1 aromatic carbocycles. The Morgan fingerprint density at radius 3 is 2.24 bits per heavy atom. The van der Waals surface area contributed by atoms with Crippen LogP contribution in [0.15, 0.2) is 36.4 Å². The second-order valence-corrected chi connectivity index (χ2v) is 4.39. The van der Waals surface area contributed by atoms with Crippen molar-refractivity contribution in [1.29, 1.82) is 0 Å². The Labute approximate surface area is 104 Å². The first-order chi connectivity index (χ1) is 8.36. The van der Waals surface area contributed by atoms with Crippen molar-refractivity contribution in [2.75, 3.05) is 19.8 Å². The lowest BCUT2D eigenvalue weighted by Crippen LogP contribution is -1.95. The summed E-state index contributed by atoms with van der Waals surface area (Å²) in [6.45, 7) is 5.57. The molecule has 0 atom stereocenters. The van der Waals surface area contributed by atoms with Crippen LogP contribution in [-0.2, 0) is 13.6 Å². The van der Waals surface area contributed by atoms with Crippen molar-refractivity contribution < 1.29 is 13.6 Å². The predicted molar refractivity (Wildman–Crippen MR) is 71.6 cm³/mol. The summed E-state index contributed by atoms with van der Waals surface area (Å²) in [6, 6.07) is 10.1. The van der Waals surface area contributed by atoms with Gasteiger partial charge in [0.15, 0.2) is 0 Å². The smallest absolute Gasteiger partial charge is 0.313 e. The van der Waals surface area contributed by atoms with Crippen LogP contribution in [0.5, 0.6) is 0 Å². The van der Waals surface area contributed by atoms with Crippen molar-refractivity contribution in [2.45, 2.75) is 13.8 Å². The van der Waals surface area contributed by atoms with E-state index in [4.69, 9.17) is 13.6 Å². The van der Waals surface area contributed by atoms with Gasteiger partial charge < -0.3 is 13.6 Å². The van der Waals surface area contributed by atoms with Gasteiger partial charge in [-0.25, -0.2) is 0 Å². The van der Waals surface area contributed by atoms with E-state index in [1.807, 2.05) is 56.3 Å². The van der Waals surface area contributed by atoms with E-state index in [0.29, 0.717) is 19.8 Å². The molecule has 0 aliphatic heterocycles. The molecule has 0 aliphatic rings. The van der Waals surface area contributed by atoms with Gasteiger partial charge in [0.2, 0.25) is 0 Å². The highest BCUT2D eigenvalue weighted by Crippen LogP contribution is 2.38. The van der Waals surface area contributed by atoms with Crippen LogP contribution in [0.4, 0.5) is 0 Å². The summed E-state index contributed by atoms with van der Waals surface area (Å²) in [7, 11) is -1.19. The lowest BCUT2D eigenvalue weighted by atomic mass is 10.2. The molecular formula is C13H19O3P. The fraction of sp³-hybridized carbons (Fsp3) is 0.385. The van der Waals surface area contributed by atoms with Crippen LogP contribution >= 0.6 is 8.60 Å². The second-order valence-electron chi connectivity index (χ2n) is 3.17. The van der Waals surface area contributed by atoms with Gasteiger partial charge >= 0.3 is 8.60 Å². The van der Waals surface area contributed by atoms with Crippen LogP contribution in [0.2, 0.25) is 0 Å². The molecule has 0 fully saturated rings. The molecule has 0 N–H and O–H groups in total. The third-order valence-corrected chi connectivity index (χ3v) is 3.15. The van der Waals surface area contributed by atoms with Gasteiger partial charge in [-0.05, 0) is 19.4 Å². The number of benzene rings is 1. The van der Waals surface area contributed by atoms with E-state index in [1.54, 1.807) is 0 Å². The Kier molecular flexibility index (Phi) is 7.85. The van der Waals surface area contributed by atoms with E-state index < -0.39 is 8.60 Å². The van der Waals surface area contributed by atoms with Crippen molar-refractivity contribution in [3.05, 3.63) is 42.0 Å². The molecule has 0 aromatic heterocycles. The maximum Gasteiger partial charge on any atom is 0.332 e. The Morgan fingerprint density at radius 2 is 1.65 bits per heavy atom. The van der Waals surface area contributed by atoms with Crippen molar-refractivity contribution in [1.82, 2.24) is 0 Å². The quantitative estimate of drug-likeness (QED) is 0.656. The minimum atomic E-state index is -1.19. The fourth-order valence-corrected chi connectivity index (χ4v) is 2.03. The molecule has 0 unspecified atom stereocenters. The summed E-state index contributed by atoms with van der Waals surface area (Å²) < 4.78 is 16.1. The molecule has 0 radical (unpaired) electrons. The second kappa shape index (κ2) is 9.32. The van der Waals surface area contributed by atoms with E-state index in [9.17, 15) is 0 Å². The molecule has 4 heteroatoms. The zero-order chi connectivity index (χ0) is 12.3. The lowest BCUT2D eigenvalue weighted by Gasteiger charge is -2.13. The Hall–Kier alpha value is -0.730. The molecule has 1 aromatic rings. The highest BCUT2D eigenvalue weighted by atomic mass is 31.2. The molecule has 0 saturated heterocycles. The lowest BCUT2D eigenvalue weighted by molar-refractivity contribution is 0.182. The maximum absolute atomic E-state index is 5.48. The molecule has 0 saturated carbocycles. The number of rotatable bonds is 8. The van der Waals surface area contributed by atoms with E-state index in [1.165, 1.54) is 0 Å². The van der Waals surface area contributed by atoms with Crippen molar-refractivity contribution in [3.8, 4) is 0 Å². The summed E-state index contributed by atoms with van der Waals surface area (Å²) in [5, 5.41) is 0. The minimum Gasteiger partial charge on any atom is -0.313 e. The van der Waals surface area contributed by atoms with E-state index in [0.717, 1.165) is 5.56 Å². The molecule has 0 spiro atoms. The van der Waals surface area contributed by atoms with Gasteiger partial charge in [-0.15, -0.1) is 0 Å². The molecule has 94 valence electrons. The van der Waals surface area contributed by atoms with Crippen molar-refractivity contribution in [2.24, 2.45) is 0 Å². The first-order valence-electron chi connectivity index (χ1n) is 5.77. The summed E-state index contributed by atoms with van der Waals surface area (Å²) in [4.78, 5) is 0. The molecule has 0 aliphatic carbocycles. The molecule has 3 nitrogen and oxygen atoms in total. The molecule has 1 rings (SSSR count). The van der Waals surface area contributed by atoms with Gasteiger partial charge in [0.25, 0.3) is 0 Å². The van der Waals surface area contributed by atoms with Crippen LogP contribution in [-0.4, -0.2) is 19.8 Å². The van der Waals surface area contributed by atoms with Crippen LogP contribution in [0.25, 0.3) is 6.08 Å². The molecule has 17 heavy (non-hydrogen) atoms. The SMILES string of the molecule is CCOP(OCC)OC/C=C/c1ccccc1. The van der Waals surface area contributed by atoms with E-state index >= 15 is 0 Å². The standard InChI is InChI=1S/C13H19O3P/c1-3-14-17(15-4-2)16-12-8-11-13-9-6-5-7-10-13/h5-11H,3-4,12H2,1-2H3/b11-8+. The first-order valence-corrected chi connectivity index (χ1v) is 6.86. The van der Waals surface area contributed by atoms with Crippen molar-refractivity contribution in [3.63, 3.8) is 0 Å². The summed E-state index contributed by atoms with van der Waals surface area (Å²) in [5.74, 6) is 0. The first kappa shape index (κ1) is 14.3. The Bertz CT molecular complexity index is 308. The van der Waals surface area contributed by atoms with Crippen LogP contribution in [0.1, 0.15) is 19.4 Å². The summed E-state index contributed by atoms with van der Waals surface area (Å²) >= 11 is 0. The van der Waals surface area contributed by atoms with Gasteiger partial charge in [-0.1, -0.05) is 42.5 Å². The van der Waals surface area contributed by atoms with Crippen LogP contribution in [0.3, 0.4) is 0 Å². The normalized spacial score (nSPS) is 11.5. The molecule has 0 bridgehead atoms.